The Labute approximate surface area is 73.7 Å². The topological polar surface area (TPSA) is 26.0 Å². The number of hydrogen-bond acceptors (Lipinski definition) is 1. The van der Waals surface area contributed by atoms with Gasteiger partial charge in [-0.25, -0.2) is 0 Å². The number of halogens is 2. The summed E-state index contributed by atoms with van der Waals surface area (Å²) < 4.78 is 0. The van der Waals surface area contributed by atoms with Gasteiger partial charge in [-0.3, -0.25) is 0 Å². The van der Waals surface area contributed by atoms with Crippen LogP contribution in [0.3, 0.4) is 0 Å². The van der Waals surface area contributed by atoms with Crippen molar-refractivity contribution in [3.8, 4) is 0 Å². The zero-order valence-corrected chi connectivity index (χ0v) is 7.68. The molecule has 1 aliphatic carbocycles. The van der Waals surface area contributed by atoms with Crippen LogP contribution in [0.1, 0.15) is 32.1 Å². The van der Waals surface area contributed by atoms with E-state index in [9.17, 15) is 0 Å². The lowest BCUT2D eigenvalue weighted by Gasteiger charge is -2.29. The molecule has 1 rings (SSSR count). The molecular formula is C7H15Cl2N. The Kier molecular flexibility index (Phi) is 4.66. The number of nitrogens with two attached hydrogens (primary N) is 1. The fourth-order valence-electron chi connectivity index (χ4n) is 1.39. The van der Waals surface area contributed by atoms with Gasteiger partial charge in [0.2, 0.25) is 0 Å². The highest BCUT2D eigenvalue weighted by Crippen LogP contribution is 2.32. The predicted octanol–water partition coefficient (Wildman–Crippen LogP) is 2.31. The molecule has 2 N–H and O–H groups in total. The lowest BCUT2D eigenvalue weighted by molar-refractivity contribution is 0.396. The third-order valence-electron chi connectivity index (χ3n) is 2.12. The maximum absolute atomic E-state index is 6.13. The smallest absolute Gasteiger partial charge is 0.0568 e. The molecule has 0 aliphatic heterocycles. The molecule has 3 heteroatoms. The maximum Gasteiger partial charge on any atom is 0.0568 e. The van der Waals surface area contributed by atoms with E-state index in [1.165, 1.54) is 19.3 Å². The van der Waals surface area contributed by atoms with E-state index >= 15 is 0 Å². The SMILES string of the molecule is Cl.NCC1(Cl)CCCCC1. The fraction of sp³-hybridized carbons (Fsp3) is 1.00. The number of alkyl halides is 1. The summed E-state index contributed by atoms with van der Waals surface area (Å²) >= 11 is 6.13. The van der Waals surface area contributed by atoms with Crippen molar-refractivity contribution >= 4 is 24.0 Å². The van der Waals surface area contributed by atoms with Crippen molar-refractivity contribution in [2.75, 3.05) is 6.54 Å². The minimum atomic E-state index is -0.0295. The van der Waals surface area contributed by atoms with Gasteiger partial charge in [0.05, 0.1) is 4.87 Å². The molecule has 0 bridgehead atoms. The van der Waals surface area contributed by atoms with E-state index in [-0.39, 0.29) is 17.3 Å². The van der Waals surface area contributed by atoms with Crippen molar-refractivity contribution in [1.29, 1.82) is 0 Å². The Morgan fingerprint density at radius 3 is 2.00 bits per heavy atom. The van der Waals surface area contributed by atoms with E-state index in [1.54, 1.807) is 0 Å². The van der Waals surface area contributed by atoms with Gasteiger partial charge in [0.25, 0.3) is 0 Å². The first-order chi connectivity index (χ1) is 4.27. The summed E-state index contributed by atoms with van der Waals surface area (Å²) in [4.78, 5) is -0.0295. The van der Waals surface area contributed by atoms with Gasteiger partial charge in [-0.2, -0.15) is 0 Å². The van der Waals surface area contributed by atoms with Crippen LogP contribution in [0.25, 0.3) is 0 Å². The van der Waals surface area contributed by atoms with Crippen LogP contribution in [0.5, 0.6) is 0 Å². The molecule has 1 fully saturated rings. The Bertz CT molecular complexity index is 89.6. The average Bonchev–Trinajstić information content (AvgIpc) is 1.90. The highest BCUT2D eigenvalue weighted by atomic mass is 35.5. The van der Waals surface area contributed by atoms with Gasteiger partial charge in [-0.1, -0.05) is 19.3 Å². The summed E-state index contributed by atoms with van der Waals surface area (Å²) in [6.45, 7) is 0.647. The minimum Gasteiger partial charge on any atom is -0.329 e. The normalized spacial score (nSPS) is 23.4. The zero-order valence-electron chi connectivity index (χ0n) is 6.11. The van der Waals surface area contributed by atoms with Crippen molar-refractivity contribution in [2.45, 2.75) is 37.0 Å². The summed E-state index contributed by atoms with van der Waals surface area (Å²) in [5, 5.41) is 0. The largest absolute Gasteiger partial charge is 0.329 e. The molecule has 0 atom stereocenters. The second-order valence-corrected chi connectivity index (χ2v) is 3.72. The molecular weight excluding hydrogens is 169 g/mol. The van der Waals surface area contributed by atoms with Crippen molar-refractivity contribution in [3.63, 3.8) is 0 Å². The van der Waals surface area contributed by atoms with Crippen LogP contribution in [-0.2, 0) is 0 Å². The lowest BCUT2D eigenvalue weighted by atomic mass is 9.89. The van der Waals surface area contributed by atoms with Crippen LogP contribution >= 0.6 is 24.0 Å². The summed E-state index contributed by atoms with van der Waals surface area (Å²) in [6, 6.07) is 0. The van der Waals surface area contributed by atoms with E-state index in [2.05, 4.69) is 0 Å². The van der Waals surface area contributed by atoms with E-state index in [1.807, 2.05) is 0 Å². The highest BCUT2D eigenvalue weighted by Gasteiger charge is 2.27. The second kappa shape index (κ2) is 4.42. The van der Waals surface area contributed by atoms with Crippen LogP contribution in [0.15, 0.2) is 0 Å². The summed E-state index contributed by atoms with van der Waals surface area (Å²) in [6.07, 6.45) is 6.10. The first-order valence-electron chi connectivity index (χ1n) is 3.66. The molecule has 0 aromatic rings. The van der Waals surface area contributed by atoms with Crippen molar-refractivity contribution in [2.24, 2.45) is 5.73 Å². The van der Waals surface area contributed by atoms with Crippen molar-refractivity contribution < 1.29 is 0 Å². The molecule has 1 aliphatic rings. The third kappa shape index (κ3) is 2.65. The van der Waals surface area contributed by atoms with Gasteiger partial charge in [0.1, 0.15) is 0 Å². The molecule has 1 saturated carbocycles. The first-order valence-corrected chi connectivity index (χ1v) is 4.04. The molecule has 0 spiro atoms. The van der Waals surface area contributed by atoms with Gasteiger partial charge in [-0.15, -0.1) is 24.0 Å². The standard InChI is InChI=1S/C7H14ClN.ClH/c8-7(6-9)4-2-1-3-5-7;/h1-6,9H2;1H. The Hall–Kier alpha value is 0.540. The Morgan fingerprint density at radius 1 is 1.20 bits per heavy atom. The van der Waals surface area contributed by atoms with Gasteiger partial charge < -0.3 is 5.73 Å². The first kappa shape index (κ1) is 10.5. The van der Waals surface area contributed by atoms with Crippen LogP contribution in [0.4, 0.5) is 0 Å². The monoisotopic (exact) mass is 183 g/mol. The van der Waals surface area contributed by atoms with Gasteiger partial charge in [-0.05, 0) is 12.8 Å². The number of hydrogen-bond donors (Lipinski definition) is 1. The van der Waals surface area contributed by atoms with Gasteiger partial charge >= 0.3 is 0 Å². The highest BCUT2D eigenvalue weighted by molar-refractivity contribution is 6.24. The lowest BCUT2D eigenvalue weighted by Crippen LogP contribution is -2.33. The molecule has 0 saturated heterocycles. The molecule has 62 valence electrons. The van der Waals surface area contributed by atoms with Gasteiger partial charge in [0.15, 0.2) is 0 Å². The fourth-order valence-corrected chi connectivity index (χ4v) is 1.66. The van der Waals surface area contributed by atoms with Crippen LogP contribution in [-0.4, -0.2) is 11.4 Å². The quantitative estimate of drug-likeness (QED) is 0.621. The van der Waals surface area contributed by atoms with E-state index < -0.39 is 0 Å². The predicted molar refractivity (Wildman–Crippen MR) is 48.0 cm³/mol. The van der Waals surface area contributed by atoms with E-state index in [0.717, 1.165) is 12.8 Å². The van der Waals surface area contributed by atoms with E-state index in [0.29, 0.717) is 6.54 Å². The van der Waals surface area contributed by atoms with Crippen molar-refractivity contribution in [3.05, 3.63) is 0 Å². The Balaban J connectivity index is 0.000000810. The molecule has 0 amide bonds. The minimum absolute atomic E-state index is 0. The van der Waals surface area contributed by atoms with Crippen molar-refractivity contribution in [1.82, 2.24) is 0 Å². The molecule has 1 nitrogen and oxygen atoms in total. The van der Waals surface area contributed by atoms with Crippen LogP contribution in [0, 0.1) is 0 Å². The average molecular weight is 184 g/mol. The molecule has 0 heterocycles. The van der Waals surface area contributed by atoms with Crippen LogP contribution in [0.2, 0.25) is 0 Å². The second-order valence-electron chi connectivity index (χ2n) is 2.92. The molecule has 0 aromatic carbocycles. The maximum atomic E-state index is 6.13. The van der Waals surface area contributed by atoms with Gasteiger partial charge in [0, 0.05) is 6.54 Å². The van der Waals surface area contributed by atoms with Crippen LogP contribution < -0.4 is 5.73 Å². The summed E-state index contributed by atoms with van der Waals surface area (Å²) in [5.41, 5.74) is 5.51. The van der Waals surface area contributed by atoms with E-state index in [4.69, 9.17) is 17.3 Å². The zero-order chi connectivity index (χ0) is 6.74. The Morgan fingerprint density at radius 2 is 1.70 bits per heavy atom. The molecule has 0 aromatic heterocycles. The summed E-state index contributed by atoms with van der Waals surface area (Å²) in [5.74, 6) is 0. The molecule has 10 heavy (non-hydrogen) atoms. The molecule has 0 unspecified atom stereocenters. The number of rotatable bonds is 1. The molecule has 0 radical (unpaired) electrons. The third-order valence-corrected chi connectivity index (χ3v) is 2.65. The summed E-state index contributed by atoms with van der Waals surface area (Å²) in [7, 11) is 0.